The van der Waals surface area contributed by atoms with Crippen molar-refractivity contribution in [3.8, 4) is 5.75 Å². The molecule has 3 aliphatic carbocycles. The Bertz CT molecular complexity index is 1290. The Hall–Kier alpha value is -3.48. The van der Waals surface area contributed by atoms with Gasteiger partial charge in [-0.15, -0.1) is 0 Å². The maximum absolute atomic E-state index is 13.9. The molecule has 12 heteroatoms. The Morgan fingerprint density at radius 1 is 1.21 bits per heavy atom. The van der Waals surface area contributed by atoms with Gasteiger partial charge < -0.3 is 36.4 Å². The number of ketones is 2. The van der Waals surface area contributed by atoms with Gasteiger partial charge in [0.2, 0.25) is 5.78 Å². The van der Waals surface area contributed by atoms with E-state index in [-0.39, 0.29) is 42.8 Å². The van der Waals surface area contributed by atoms with Gasteiger partial charge in [0.1, 0.15) is 29.5 Å². The molecule has 3 aliphatic rings. The predicted molar refractivity (Wildman–Crippen MR) is 136 cm³/mol. The lowest BCUT2D eigenvalue weighted by atomic mass is 9.58. The Kier molecular flexibility index (Phi) is 7.02. The molecule has 0 saturated heterocycles. The highest BCUT2D eigenvalue weighted by atomic mass is 19.1. The summed E-state index contributed by atoms with van der Waals surface area (Å²) in [5, 5.41) is 47.8. The molecule has 4 atom stereocenters. The number of amides is 1. The monoisotopic (exact) mass is 532 g/mol. The zero-order valence-electron chi connectivity index (χ0n) is 21.7. The number of Topliss-reactive ketones (excluding diaryl/α,β-unsaturated/α-hetero) is 2. The van der Waals surface area contributed by atoms with Crippen molar-refractivity contribution in [2.24, 2.45) is 17.6 Å². The van der Waals surface area contributed by atoms with Crippen LogP contribution in [0.5, 0.6) is 5.75 Å². The van der Waals surface area contributed by atoms with E-state index in [4.69, 9.17) is 5.73 Å². The van der Waals surface area contributed by atoms with Gasteiger partial charge in [0.25, 0.3) is 5.91 Å². The van der Waals surface area contributed by atoms with Crippen LogP contribution in [-0.2, 0) is 22.6 Å². The first kappa shape index (κ1) is 27.6. The van der Waals surface area contributed by atoms with Crippen LogP contribution in [0.25, 0.3) is 0 Å². The molecule has 1 aromatic carbocycles. The highest BCUT2D eigenvalue weighted by Gasteiger charge is 2.63. The third-order valence-electron chi connectivity index (χ3n) is 7.85. The summed E-state index contributed by atoms with van der Waals surface area (Å²) in [6.45, 7) is -0.499. The van der Waals surface area contributed by atoms with Crippen LogP contribution < -0.4 is 16.0 Å². The van der Waals surface area contributed by atoms with Gasteiger partial charge in [-0.3, -0.25) is 19.3 Å². The van der Waals surface area contributed by atoms with Gasteiger partial charge in [-0.05, 0) is 44.5 Å². The number of aliphatic hydroxyl groups excluding tert-OH is 2. The number of benzene rings is 1. The van der Waals surface area contributed by atoms with E-state index < -0.39 is 64.7 Å². The molecule has 0 bridgehead atoms. The van der Waals surface area contributed by atoms with Crippen molar-refractivity contribution in [1.29, 1.82) is 0 Å². The summed E-state index contributed by atoms with van der Waals surface area (Å²) >= 11 is 0. The van der Waals surface area contributed by atoms with Crippen molar-refractivity contribution in [3.63, 3.8) is 0 Å². The third-order valence-corrected chi connectivity index (χ3v) is 7.85. The molecule has 7 N–H and O–H groups in total. The molecular formula is C26H33FN4O7. The summed E-state index contributed by atoms with van der Waals surface area (Å²) < 4.78 is 12.6. The summed E-state index contributed by atoms with van der Waals surface area (Å²) in [7, 11) is 6.70. The zero-order chi connectivity index (χ0) is 28.3. The van der Waals surface area contributed by atoms with Gasteiger partial charge in [-0.2, -0.15) is 0 Å². The molecule has 1 aromatic rings. The number of phenolic OH excluding ortho intramolecular Hbond substituents is 1. The van der Waals surface area contributed by atoms with Crippen LogP contribution in [0.4, 0.5) is 10.1 Å². The Balaban J connectivity index is 1.93. The number of hydrogen-bond acceptors (Lipinski definition) is 10. The number of phenols is 1. The highest BCUT2D eigenvalue weighted by molar-refractivity contribution is 6.24. The lowest BCUT2D eigenvalue weighted by Gasteiger charge is -2.50. The normalized spacial score (nSPS) is 26.9. The Labute approximate surface area is 219 Å². The van der Waals surface area contributed by atoms with E-state index in [0.29, 0.717) is 16.8 Å². The van der Waals surface area contributed by atoms with Gasteiger partial charge in [0.05, 0.1) is 11.6 Å². The minimum Gasteiger partial charge on any atom is -0.510 e. The number of nitrogens with zero attached hydrogens (tertiary/aromatic N) is 2. The molecule has 0 saturated carbocycles. The number of aromatic hydroxyl groups is 1. The summed E-state index contributed by atoms with van der Waals surface area (Å²) in [6.07, 6.45) is 0.201. The van der Waals surface area contributed by atoms with Gasteiger partial charge in [0, 0.05) is 49.9 Å². The molecule has 0 spiro atoms. The average molecular weight is 533 g/mol. The standard InChI is InChI=1S/C26H33FN4O7/c1-30(2)15-9-12(10-29-6-5-27)20(32)17-13(15)7-11-8-14-19(31(3)4)22(34)18(25(28)37)24(36)26(14,38)23(35)16(11)21(17)33/h9,11,14,19,29,32,34-35,38H,5-8,10H2,1-4H3,(H2,28,37)/t11-,14-,19+,26-/m0/s1. The number of likely N-dealkylation sites (N-methyl/N-ethyl adjacent to an activating group) is 1. The number of aliphatic hydroxyl groups is 3. The predicted octanol–water partition coefficient (Wildman–Crippen LogP) is 0.246. The fraction of sp³-hybridized carbons (Fsp3) is 0.500. The fourth-order valence-corrected chi connectivity index (χ4v) is 6.18. The largest absolute Gasteiger partial charge is 0.510 e. The highest BCUT2D eigenvalue weighted by Crippen LogP contribution is 2.53. The quantitative estimate of drug-likeness (QED) is 0.211. The number of rotatable bonds is 7. The first-order valence-electron chi connectivity index (χ1n) is 12.2. The number of primary amides is 1. The molecule has 1 amide bonds. The second-order valence-corrected chi connectivity index (χ2v) is 10.5. The van der Waals surface area contributed by atoms with Crippen molar-refractivity contribution in [2.75, 3.05) is 46.3 Å². The van der Waals surface area contributed by atoms with Crippen LogP contribution in [0.1, 0.15) is 27.9 Å². The van der Waals surface area contributed by atoms with Crippen LogP contribution in [0.2, 0.25) is 0 Å². The van der Waals surface area contributed by atoms with Crippen LogP contribution in [0.3, 0.4) is 0 Å². The summed E-state index contributed by atoms with van der Waals surface area (Å²) in [4.78, 5) is 42.6. The molecule has 4 rings (SSSR count). The zero-order valence-corrected chi connectivity index (χ0v) is 21.7. The number of allylic oxidation sites excluding steroid dienone is 1. The van der Waals surface area contributed by atoms with Crippen LogP contribution in [-0.4, -0.2) is 95.9 Å². The number of nitrogens with two attached hydrogens (primary N) is 1. The SMILES string of the molecule is CN(C)c1cc(CNCCF)c(O)c2c1C[C@H]1C[C@H]3[C@@H](N(C)C)C(O)=C(C(N)=O)C(=O)[C@@]3(O)C(O)=C1C2=O. The van der Waals surface area contributed by atoms with E-state index >= 15 is 0 Å². The van der Waals surface area contributed by atoms with Crippen LogP contribution >= 0.6 is 0 Å². The molecule has 0 aromatic heterocycles. The lowest BCUT2D eigenvalue weighted by molar-refractivity contribution is -0.148. The van der Waals surface area contributed by atoms with E-state index in [1.807, 2.05) is 0 Å². The Morgan fingerprint density at radius 2 is 1.87 bits per heavy atom. The van der Waals surface area contributed by atoms with Crippen molar-refractivity contribution in [2.45, 2.75) is 31.0 Å². The maximum Gasteiger partial charge on any atom is 0.255 e. The van der Waals surface area contributed by atoms with E-state index in [9.17, 15) is 39.2 Å². The number of anilines is 1. The molecular weight excluding hydrogens is 499 g/mol. The minimum absolute atomic E-state index is 0.0131. The first-order chi connectivity index (χ1) is 17.8. The van der Waals surface area contributed by atoms with Gasteiger partial charge in [-0.25, -0.2) is 4.39 Å². The van der Waals surface area contributed by atoms with Gasteiger partial charge >= 0.3 is 0 Å². The van der Waals surface area contributed by atoms with E-state index in [2.05, 4.69) is 5.32 Å². The van der Waals surface area contributed by atoms with Gasteiger partial charge in [0.15, 0.2) is 11.4 Å². The van der Waals surface area contributed by atoms with E-state index in [0.717, 1.165) is 0 Å². The van der Waals surface area contributed by atoms with Crippen molar-refractivity contribution in [1.82, 2.24) is 10.2 Å². The van der Waals surface area contributed by atoms with Gasteiger partial charge in [-0.1, -0.05) is 0 Å². The number of alkyl halides is 1. The number of carbonyl (C=O) groups is 3. The number of fused-ring (bicyclic) bond motifs is 3. The number of carbonyl (C=O) groups excluding carboxylic acids is 3. The summed E-state index contributed by atoms with van der Waals surface area (Å²) in [5.74, 6) is -6.93. The molecule has 0 fully saturated rings. The maximum atomic E-state index is 13.9. The summed E-state index contributed by atoms with van der Waals surface area (Å²) in [6, 6.07) is 0.659. The van der Waals surface area contributed by atoms with E-state index in [1.54, 1.807) is 39.2 Å². The number of halogens is 1. The smallest absolute Gasteiger partial charge is 0.255 e. The van der Waals surface area contributed by atoms with Crippen molar-refractivity contribution >= 4 is 23.2 Å². The average Bonchev–Trinajstić information content (AvgIpc) is 2.82. The topological polar surface area (TPSA) is 177 Å². The minimum atomic E-state index is -2.69. The van der Waals surface area contributed by atoms with Crippen LogP contribution in [0, 0.1) is 11.8 Å². The molecule has 206 valence electrons. The number of hydrogen-bond donors (Lipinski definition) is 6. The Morgan fingerprint density at radius 3 is 2.42 bits per heavy atom. The van der Waals surface area contributed by atoms with Crippen LogP contribution in [0.15, 0.2) is 28.7 Å². The molecule has 38 heavy (non-hydrogen) atoms. The van der Waals surface area contributed by atoms with E-state index in [1.165, 1.54) is 4.90 Å². The van der Waals surface area contributed by atoms with Crippen molar-refractivity contribution in [3.05, 3.63) is 45.4 Å². The molecule has 0 heterocycles. The first-order valence-corrected chi connectivity index (χ1v) is 12.2. The molecule has 11 nitrogen and oxygen atoms in total. The summed E-state index contributed by atoms with van der Waals surface area (Å²) in [5.41, 5.74) is 3.02. The fourth-order valence-electron chi connectivity index (χ4n) is 6.18. The third kappa shape index (κ3) is 3.86. The lowest BCUT2D eigenvalue weighted by Crippen LogP contribution is -2.63. The van der Waals surface area contributed by atoms with Crippen molar-refractivity contribution < 1.29 is 39.2 Å². The molecule has 0 unspecified atom stereocenters. The molecule has 0 aliphatic heterocycles. The second-order valence-electron chi connectivity index (χ2n) is 10.5. The molecule has 0 radical (unpaired) electrons. The number of nitrogens with one attached hydrogen (secondary N) is 1. The second kappa shape index (κ2) is 9.68.